The van der Waals surface area contributed by atoms with Crippen molar-refractivity contribution in [1.82, 2.24) is 14.8 Å². The summed E-state index contributed by atoms with van der Waals surface area (Å²) in [6.07, 6.45) is 7.64. The Hall–Kier alpha value is -2.99. The smallest absolute Gasteiger partial charge is 0.128 e. The third-order valence-corrected chi connectivity index (χ3v) is 5.44. The van der Waals surface area contributed by atoms with Gasteiger partial charge in [-0.15, -0.1) is 0 Å². The fraction of sp³-hybridized carbons (Fsp3) is 0.261. The topological polar surface area (TPSA) is 77.0 Å². The summed E-state index contributed by atoms with van der Waals surface area (Å²) in [4.78, 5) is 0. The Morgan fingerprint density at radius 2 is 1.97 bits per heavy atom. The van der Waals surface area contributed by atoms with Crippen LogP contribution in [0.5, 0.6) is 11.5 Å². The molecule has 0 aliphatic rings. The van der Waals surface area contributed by atoms with Crippen LogP contribution in [0.15, 0.2) is 37.1 Å². The second kappa shape index (κ2) is 8.57. The molecule has 3 aromatic rings. The first-order valence-electron chi connectivity index (χ1n) is 9.81. The lowest BCUT2D eigenvalue weighted by atomic mass is 9.97. The first-order valence-corrected chi connectivity index (χ1v) is 10.2. The molecule has 4 N–H and O–H groups in total. The van der Waals surface area contributed by atoms with Crippen molar-refractivity contribution in [3.63, 3.8) is 0 Å². The zero-order valence-electron chi connectivity index (χ0n) is 17.0. The molecular formula is C23H27N3O2S. The number of rotatable bonds is 6. The minimum atomic E-state index is -0.0135. The summed E-state index contributed by atoms with van der Waals surface area (Å²) in [7, 11) is 0. The van der Waals surface area contributed by atoms with E-state index in [9.17, 15) is 10.2 Å². The van der Waals surface area contributed by atoms with Gasteiger partial charge in [0.25, 0.3) is 0 Å². The van der Waals surface area contributed by atoms with Crippen LogP contribution >= 0.6 is 12.2 Å². The minimum Gasteiger partial charge on any atom is -0.508 e. The van der Waals surface area contributed by atoms with E-state index in [-0.39, 0.29) is 11.5 Å². The maximum atomic E-state index is 10.5. The Morgan fingerprint density at radius 3 is 2.59 bits per heavy atom. The largest absolute Gasteiger partial charge is 0.508 e. The van der Waals surface area contributed by atoms with E-state index in [4.69, 9.17) is 12.2 Å². The highest BCUT2D eigenvalue weighted by molar-refractivity contribution is 7.71. The highest BCUT2D eigenvalue weighted by Crippen LogP contribution is 2.37. The molecule has 0 bridgehead atoms. The van der Waals surface area contributed by atoms with Crippen LogP contribution in [-0.4, -0.2) is 25.0 Å². The number of aryl methyl sites for hydroxylation is 2. The van der Waals surface area contributed by atoms with Gasteiger partial charge in [-0.3, -0.25) is 10.2 Å². The number of aromatic amines is 2. The maximum Gasteiger partial charge on any atom is 0.128 e. The number of benzene rings is 1. The van der Waals surface area contributed by atoms with Gasteiger partial charge in [0, 0.05) is 40.5 Å². The molecule has 0 fully saturated rings. The van der Waals surface area contributed by atoms with E-state index >= 15 is 0 Å². The number of hydrogen-bond donors (Lipinski definition) is 4. The van der Waals surface area contributed by atoms with Crippen molar-refractivity contribution in [3.8, 4) is 22.8 Å². The average molecular weight is 410 g/mol. The van der Waals surface area contributed by atoms with E-state index in [2.05, 4.69) is 46.6 Å². The monoisotopic (exact) mass is 409 g/mol. The zero-order chi connectivity index (χ0) is 21.1. The quantitative estimate of drug-likeness (QED) is 0.463. The van der Waals surface area contributed by atoms with Crippen LogP contribution in [-0.2, 0) is 13.0 Å². The maximum absolute atomic E-state index is 10.5. The highest BCUT2D eigenvalue weighted by Gasteiger charge is 2.18. The molecule has 0 spiro atoms. The van der Waals surface area contributed by atoms with Crippen molar-refractivity contribution < 1.29 is 10.2 Å². The van der Waals surface area contributed by atoms with Crippen LogP contribution in [0.2, 0.25) is 0 Å². The molecule has 0 aliphatic heterocycles. The van der Waals surface area contributed by atoms with Gasteiger partial charge in [-0.05, 0) is 43.0 Å². The number of aromatic hydroxyl groups is 2. The van der Waals surface area contributed by atoms with Crippen LogP contribution < -0.4 is 10.6 Å². The molecule has 0 atom stereocenters. The van der Waals surface area contributed by atoms with Gasteiger partial charge < -0.3 is 14.8 Å². The van der Waals surface area contributed by atoms with Gasteiger partial charge in [-0.2, -0.15) is 0 Å². The molecular weight excluding hydrogens is 382 g/mol. The van der Waals surface area contributed by atoms with Crippen molar-refractivity contribution in [1.29, 1.82) is 0 Å². The molecule has 0 radical (unpaired) electrons. The Labute approximate surface area is 175 Å². The van der Waals surface area contributed by atoms with Crippen LogP contribution in [0.25, 0.3) is 22.9 Å². The zero-order valence-corrected chi connectivity index (χ0v) is 17.9. The number of allylic oxidation sites excluding steroid dienone is 1. The third kappa shape index (κ3) is 3.68. The van der Waals surface area contributed by atoms with Crippen LogP contribution in [0.4, 0.5) is 0 Å². The number of H-pyrrole nitrogens is 2. The van der Waals surface area contributed by atoms with Crippen molar-refractivity contribution in [3.05, 3.63) is 63.4 Å². The molecule has 2 aromatic heterocycles. The molecule has 6 heteroatoms. The molecule has 2 heterocycles. The molecule has 0 saturated carbocycles. The first kappa shape index (κ1) is 20.7. The SMILES string of the molecule is C=C/C(c1c(-c2cc(CC)c(O)cc2O)[nH][nH]c1=S)=c1/ccn(CCC)/c1=C/C. The van der Waals surface area contributed by atoms with Crippen LogP contribution in [0.1, 0.15) is 38.3 Å². The summed E-state index contributed by atoms with van der Waals surface area (Å²) >= 11 is 5.58. The van der Waals surface area contributed by atoms with Crippen molar-refractivity contribution in [2.75, 3.05) is 0 Å². The van der Waals surface area contributed by atoms with Gasteiger partial charge in [0.05, 0.1) is 5.69 Å². The minimum absolute atomic E-state index is 0.0135. The van der Waals surface area contributed by atoms with Gasteiger partial charge >= 0.3 is 0 Å². The van der Waals surface area contributed by atoms with Gasteiger partial charge in [0.15, 0.2) is 0 Å². The number of hydrogen-bond acceptors (Lipinski definition) is 3. The van der Waals surface area contributed by atoms with E-state index in [0.717, 1.165) is 40.2 Å². The lowest BCUT2D eigenvalue weighted by molar-refractivity contribution is 0.447. The number of nitrogens with one attached hydrogen (secondary N) is 2. The molecule has 3 rings (SSSR count). The summed E-state index contributed by atoms with van der Waals surface area (Å²) in [6.45, 7) is 11.1. The highest BCUT2D eigenvalue weighted by atomic mass is 32.1. The van der Waals surface area contributed by atoms with Gasteiger partial charge in [-0.1, -0.05) is 44.8 Å². The molecule has 0 unspecified atom stereocenters. The number of aromatic nitrogens is 3. The average Bonchev–Trinajstić information content (AvgIpc) is 3.27. The predicted molar refractivity (Wildman–Crippen MR) is 121 cm³/mol. The van der Waals surface area contributed by atoms with E-state index in [1.807, 2.05) is 13.8 Å². The van der Waals surface area contributed by atoms with Crippen molar-refractivity contribution >= 4 is 23.9 Å². The number of phenols is 2. The Balaban J connectivity index is 2.37. The van der Waals surface area contributed by atoms with Crippen molar-refractivity contribution in [2.24, 2.45) is 0 Å². The summed E-state index contributed by atoms with van der Waals surface area (Å²) in [5.74, 6) is 0.0670. The lowest BCUT2D eigenvalue weighted by Crippen LogP contribution is -2.30. The fourth-order valence-electron chi connectivity index (χ4n) is 3.74. The van der Waals surface area contributed by atoms with E-state index in [1.54, 1.807) is 12.1 Å². The first-order chi connectivity index (χ1) is 14.0. The second-order valence-electron chi connectivity index (χ2n) is 6.90. The van der Waals surface area contributed by atoms with E-state index < -0.39 is 0 Å². The normalized spacial score (nSPS) is 13.0. The summed E-state index contributed by atoms with van der Waals surface area (Å²) < 4.78 is 2.75. The Morgan fingerprint density at radius 1 is 1.21 bits per heavy atom. The predicted octanol–water partition coefficient (Wildman–Crippen LogP) is 4.11. The molecule has 29 heavy (non-hydrogen) atoms. The fourth-order valence-corrected chi connectivity index (χ4v) is 4.00. The van der Waals surface area contributed by atoms with Crippen LogP contribution in [0, 0.1) is 4.64 Å². The van der Waals surface area contributed by atoms with E-state index in [0.29, 0.717) is 22.3 Å². The van der Waals surface area contributed by atoms with Crippen molar-refractivity contribution in [2.45, 2.75) is 40.2 Å². The van der Waals surface area contributed by atoms with Gasteiger partial charge in [-0.25, -0.2) is 0 Å². The van der Waals surface area contributed by atoms with Gasteiger partial charge in [0.2, 0.25) is 0 Å². The Kier molecular flexibility index (Phi) is 6.13. The molecule has 0 aliphatic carbocycles. The van der Waals surface area contributed by atoms with Crippen LogP contribution in [0.3, 0.4) is 0 Å². The second-order valence-corrected chi connectivity index (χ2v) is 7.30. The molecule has 0 amide bonds. The summed E-state index contributed by atoms with van der Waals surface area (Å²) in [5, 5.41) is 28.8. The Bertz CT molecular complexity index is 1230. The molecule has 152 valence electrons. The van der Waals surface area contributed by atoms with E-state index in [1.165, 1.54) is 6.07 Å². The third-order valence-electron chi connectivity index (χ3n) is 5.13. The number of nitrogens with zero attached hydrogens (tertiary/aromatic N) is 1. The number of phenolic OH excluding ortho intramolecular Hbond substituents is 2. The lowest BCUT2D eigenvalue weighted by Gasteiger charge is -2.10. The summed E-state index contributed by atoms with van der Waals surface area (Å²) in [6, 6.07) is 5.23. The molecule has 1 aromatic carbocycles. The standard InChI is InChI=1S/C23H27N3O2S/c1-5-10-26-11-9-16(18(26)8-4)15(7-3)21-22(24-25-23(21)29)17-12-14(6-2)19(27)13-20(17)28/h7-9,11-13,27-28H,3,5-6,10H2,1-2,4H3,(H2,24,25,29)/b16-15+,18-8+. The molecule has 5 nitrogen and oxygen atoms in total. The van der Waals surface area contributed by atoms with Gasteiger partial charge in [0.1, 0.15) is 16.1 Å². The molecule has 0 saturated heterocycles. The summed E-state index contributed by atoms with van der Waals surface area (Å²) in [5.41, 5.74) is 3.66.